The van der Waals surface area contributed by atoms with E-state index in [-0.39, 0.29) is 36.3 Å². The van der Waals surface area contributed by atoms with E-state index < -0.39 is 65.2 Å². The van der Waals surface area contributed by atoms with Crippen molar-refractivity contribution in [3.63, 3.8) is 0 Å². The van der Waals surface area contributed by atoms with Gasteiger partial charge in [-0.1, -0.05) is 33.1 Å². The molecule has 6 atom stereocenters. The number of aliphatic hydroxyl groups excluding tert-OH is 1. The molecule has 1 heterocycles. The molecule has 2 aliphatic carbocycles. The number of amides is 6. The molecule has 0 aromatic rings. The fraction of sp³-hybridized carbons (Fsp3) is 0.828. The van der Waals surface area contributed by atoms with Gasteiger partial charge in [0, 0.05) is 12.1 Å². The molecule has 3 rings (SSSR count). The third kappa shape index (κ3) is 8.26. The lowest BCUT2D eigenvalue weighted by Crippen LogP contribution is -2.62. The number of piperidine rings is 1. The SMILES string of the molecule is CC(C)(C)NC(=O)N[C@@H](CNC(=O)OC(C)(C)C)C(=O)N1CC2[C@@H]([C@H]1C(=O)NC(CC1CCC1)C(O)C(N)=O)C2(C)C. The quantitative estimate of drug-likeness (QED) is 0.217. The minimum absolute atomic E-state index is 0.0474. The first-order valence-electron chi connectivity index (χ1n) is 14.8. The van der Waals surface area contributed by atoms with Crippen molar-refractivity contribution in [1.29, 1.82) is 0 Å². The molecule has 7 N–H and O–H groups in total. The Morgan fingerprint density at radius 1 is 1.05 bits per heavy atom. The Morgan fingerprint density at radius 2 is 1.67 bits per heavy atom. The van der Waals surface area contributed by atoms with Crippen molar-refractivity contribution in [2.75, 3.05) is 13.1 Å². The van der Waals surface area contributed by atoms with Crippen LogP contribution < -0.4 is 27.0 Å². The van der Waals surface area contributed by atoms with Crippen LogP contribution in [0.2, 0.25) is 0 Å². The van der Waals surface area contributed by atoms with Gasteiger partial charge in [0.25, 0.3) is 0 Å². The zero-order valence-electron chi connectivity index (χ0n) is 26.2. The Hall–Kier alpha value is -3.09. The third-order valence-electron chi connectivity index (χ3n) is 8.51. The number of hydrogen-bond donors (Lipinski definition) is 6. The first kappa shape index (κ1) is 33.4. The van der Waals surface area contributed by atoms with Crippen LogP contribution >= 0.6 is 0 Å². The highest BCUT2D eigenvalue weighted by Crippen LogP contribution is 2.64. The number of fused-ring (bicyclic) bond motifs is 1. The molecule has 42 heavy (non-hydrogen) atoms. The molecule has 3 fully saturated rings. The predicted molar refractivity (Wildman–Crippen MR) is 155 cm³/mol. The summed E-state index contributed by atoms with van der Waals surface area (Å²) in [4.78, 5) is 66.2. The number of nitrogens with zero attached hydrogens (tertiary/aromatic N) is 1. The van der Waals surface area contributed by atoms with Crippen LogP contribution in [0.15, 0.2) is 0 Å². The van der Waals surface area contributed by atoms with E-state index in [1.807, 2.05) is 13.8 Å². The van der Waals surface area contributed by atoms with Crippen LogP contribution in [0.3, 0.4) is 0 Å². The molecule has 3 unspecified atom stereocenters. The molecular formula is C29H50N6O7. The van der Waals surface area contributed by atoms with Gasteiger partial charge in [0.15, 0.2) is 6.10 Å². The first-order valence-corrected chi connectivity index (χ1v) is 14.8. The monoisotopic (exact) mass is 594 g/mol. The van der Waals surface area contributed by atoms with E-state index in [0.717, 1.165) is 19.3 Å². The molecule has 2 saturated carbocycles. The lowest BCUT2D eigenvalue weighted by Gasteiger charge is -2.36. The van der Waals surface area contributed by atoms with E-state index in [0.29, 0.717) is 6.42 Å². The Morgan fingerprint density at radius 3 is 2.17 bits per heavy atom. The molecule has 0 aromatic heterocycles. The van der Waals surface area contributed by atoms with Gasteiger partial charge >= 0.3 is 12.1 Å². The summed E-state index contributed by atoms with van der Waals surface area (Å²) < 4.78 is 5.29. The van der Waals surface area contributed by atoms with Gasteiger partial charge in [-0.25, -0.2) is 9.59 Å². The lowest BCUT2D eigenvalue weighted by molar-refractivity contribution is -0.143. The van der Waals surface area contributed by atoms with Crippen LogP contribution in [0, 0.1) is 23.2 Å². The number of likely N-dealkylation sites (tertiary alicyclic amines) is 1. The molecule has 0 radical (unpaired) electrons. The average Bonchev–Trinajstić information content (AvgIpc) is 3.12. The number of nitrogens with two attached hydrogens (primary N) is 1. The molecule has 1 saturated heterocycles. The molecule has 1 aliphatic heterocycles. The zero-order valence-corrected chi connectivity index (χ0v) is 26.2. The minimum atomic E-state index is -1.56. The van der Waals surface area contributed by atoms with E-state index >= 15 is 0 Å². The smallest absolute Gasteiger partial charge is 0.407 e. The summed E-state index contributed by atoms with van der Waals surface area (Å²) in [5.41, 5.74) is 3.83. The minimum Gasteiger partial charge on any atom is -0.444 e. The molecule has 0 aromatic carbocycles. The summed E-state index contributed by atoms with van der Waals surface area (Å²) in [6.45, 7) is 14.6. The molecule has 238 valence electrons. The van der Waals surface area contributed by atoms with Gasteiger partial charge in [-0.05, 0) is 71.1 Å². The number of primary amides is 1. The molecule has 13 nitrogen and oxygen atoms in total. The summed E-state index contributed by atoms with van der Waals surface area (Å²) in [5.74, 6) is -1.78. The second-order valence-electron chi connectivity index (χ2n) is 14.7. The van der Waals surface area contributed by atoms with Crippen LogP contribution in [0.5, 0.6) is 0 Å². The number of alkyl carbamates (subject to hydrolysis) is 1. The Kier molecular flexibility index (Phi) is 9.75. The molecular weight excluding hydrogens is 544 g/mol. The average molecular weight is 595 g/mol. The number of rotatable bonds is 10. The van der Waals surface area contributed by atoms with Crippen LogP contribution in [0.1, 0.15) is 81.1 Å². The predicted octanol–water partition coefficient (Wildman–Crippen LogP) is 0.982. The second kappa shape index (κ2) is 12.3. The van der Waals surface area contributed by atoms with Crippen molar-refractivity contribution in [3.05, 3.63) is 0 Å². The summed E-state index contributed by atoms with van der Waals surface area (Å²) in [7, 11) is 0. The van der Waals surface area contributed by atoms with Crippen molar-refractivity contribution in [2.45, 2.75) is 116 Å². The fourth-order valence-corrected chi connectivity index (χ4v) is 6.07. The Balaban J connectivity index is 1.82. The van der Waals surface area contributed by atoms with Gasteiger partial charge in [0.05, 0.1) is 12.6 Å². The molecule has 3 aliphatic rings. The van der Waals surface area contributed by atoms with E-state index in [1.165, 1.54) is 4.90 Å². The van der Waals surface area contributed by atoms with Gasteiger partial charge in [0.2, 0.25) is 17.7 Å². The maximum absolute atomic E-state index is 14.0. The molecule has 0 bridgehead atoms. The number of carbonyl (C=O) groups is 5. The summed E-state index contributed by atoms with van der Waals surface area (Å²) in [5, 5.41) is 21.3. The maximum Gasteiger partial charge on any atom is 0.407 e. The zero-order chi connectivity index (χ0) is 31.8. The van der Waals surface area contributed by atoms with Gasteiger partial charge in [-0.2, -0.15) is 0 Å². The lowest BCUT2D eigenvalue weighted by atomic mass is 9.79. The number of aliphatic hydroxyl groups is 1. The number of nitrogens with one attached hydrogen (secondary N) is 4. The van der Waals surface area contributed by atoms with Crippen molar-refractivity contribution >= 4 is 29.8 Å². The largest absolute Gasteiger partial charge is 0.444 e. The van der Waals surface area contributed by atoms with Crippen molar-refractivity contribution in [3.8, 4) is 0 Å². The Bertz CT molecular complexity index is 1060. The van der Waals surface area contributed by atoms with Gasteiger partial charge in [-0.3, -0.25) is 14.4 Å². The first-order chi connectivity index (χ1) is 19.2. The second-order valence-corrected chi connectivity index (χ2v) is 14.7. The summed E-state index contributed by atoms with van der Waals surface area (Å²) >= 11 is 0. The van der Waals surface area contributed by atoms with Crippen molar-refractivity contribution in [2.24, 2.45) is 28.9 Å². The topological polar surface area (TPSA) is 192 Å². The van der Waals surface area contributed by atoms with Crippen LogP contribution in [0.4, 0.5) is 9.59 Å². The van der Waals surface area contributed by atoms with Crippen molar-refractivity contribution < 1.29 is 33.8 Å². The van der Waals surface area contributed by atoms with E-state index in [9.17, 15) is 29.1 Å². The van der Waals surface area contributed by atoms with E-state index in [4.69, 9.17) is 10.5 Å². The molecule has 13 heteroatoms. The van der Waals surface area contributed by atoms with Crippen LogP contribution in [0.25, 0.3) is 0 Å². The van der Waals surface area contributed by atoms with Crippen LogP contribution in [-0.4, -0.2) is 88.3 Å². The number of hydrogen-bond acceptors (Lipinski definition) is 7. The van der Waals surface area contributed by atoms with E-state index in [2.05, 4.69) is 21.3 Å². The van der Waals surface area contributed by atoms with Gasteiger partial charge in [0.1, 0.15) is 17.7 Å². The molecule has 0 spiro atoms. The summed E-state index contributed by atoms with van der Waals surface area (Å²) in [6, 6.07) is -3.57. The highest BCUT2D eigenvalue weighted by molar-refractivity contribution is 5.94. The third-order valence-corrected chi connectivity index (χ3v) is 8.51. The number of carbonyl (C=O) groups excluding carboxylic acids is 5. The normalized spacial score (nSPS) is 25.2. The highest BCUT2D eigenvalue weighted by Gasteiger charge is 2.69. The van der Waals surface area contributed by atoms with Crippen LogP contribution in [-0.2, 0) is 19.1 Å². The van der Waals surface area contributed by atoms with Crippen molar-refractivity contribution in [1.82, 2.24) is 26.2 Å². The highest BCUT2D eigenvalue weighted by atomic mass is 16.6. The fourth-order valence-electron chi connectivity index (χ4n) is 6.07. The van der Waals surface area contributed by atoms with Gasteiger partial charge in [-0.15, -0.1) is 0 Å². The van der Waals surface area contributed by atoms with E-state index in [1.54, 1.807) is 41.5 Å². The number of urea groups is 1. The molecule has 6 amide bonds. The standard InChI is InChI=1S/C29H50N6O7/c1-27(2,3)34-25(40)33-18(13-31-26(41)42-28(4,5)6)24(39)35-14-16-19(29(16,7)8)20(35)23(38)32-17(21(36)22(30)37)12-15-10-9-11-15/h15-21,36H,9-14H2,1-8H3,(H2,30,37)(H,31,41)(H,32,38)(H2,33,34,40)/t16?,17?,18-,19-,20-,21?/m0/s1. The van der Waals surface area contributed by atoms with Gasteiger partial charge < -0.3 is 41.7 Å². The maximum atomic E-state index is 14.0. The Labute approximate surface area is 248 Å². The number of ether oxygens (including phenoxy) is 1. The summed E-state index contributed by atoms with van der Waals surface area (Å²) in [6.07, 6.45) is 1.03.